The monoisotopic (exact) mass is 586 g/mol. The molecule has 4 aromatic rings. The Balaban J connectivity index is 1.38. The van der Waals surface area contributed by atoms with Crippen molar-refractivity contribution in [2.24, 2.45) is 5.92 Å². The number of aliphatic hydroxyl groups is 1. The number of benzene rings is 3. The zero-order valence-corrected chi connectivity index (χ0v) is 24.6. The molecule has 9 heteroatoms. The van der Waals surface area contributed by atoms with Gasteiger partial charge in [-0.2, -0.15) is 0 Å². The number of allylic oxidation sites excluding steroid dienone is 1. The van der Waals surface area contributed by atoms with Gasteiger partial charge in [0, 0.05) is 36.3 Å². The molecule has 0 saturated carbocycles. The average Bonchev–Trinajstić information content (AvgIpc) is 3.43. The molecule has 0 unspecified atom stereocenters. The third-order valence-corrected chi connectivity index (χ3v) is 8.35. The van der Waals surface area contributed by atoms with E-state index in [4.69, 9.17) is 19.2 Å². The van der Waals surface area contributed by atoms with Gasteiger partial charge in [0.15, 0.2) is 5.76 Å². The van der Waals surface area contributed by atoms with Gasteiger partial charge in [-0.15, -0.1) is 11.3 Å². The number of thiazole rings is 1. The summed E-state index contributed by atoms with van der Waals surface area (Å²) in [6, 6.07) is 20.9. The van der Waals surface area contributed by atoms with Crippen LogP contribution in [0.2, 0.25) is 0 Å². The Bertz CT molecular complexity index is 1580. The first-order valence-corrected chi connectivity index (χ1v) is 14.8. The highest BCUT2D eigenvalue weighted by Crippen LogP contribution is 2.40. The molecule has 42 heavy (non-hydrogen) atoms. The van der Waals surface area contributed by atoms with Gasteiger partial charge in [0.2, 0.25) is 6.29 Å². The average molecular weight is 587 g/mol. The number of carbonyl (C=O) groups excluding carboxylic acids is 2. The Hall–Kier alpha value is -4.05. The minimum absolute atomic E-state index is 0.0348. The van der Waals surface area contributed by atoms with Crippen molar-refractivity contribution >= 4 is 39.1 Å². The van der Waals surface area contributed by atoms with Crippen LogP contribution in [0.15, 0.2) is 78.6 Å². The van der Waals surface area contributed by atoms with Crippen LogP contribution in [-0.2, 0) is 19.0 Å². The predicted molar refractivity (Wildman–Crippen MR) is 163 cm³/mol. The van der Waals surface area contributed by atoms with E-state index in [-0.39, 0.29) is 30.1 Å². The standard InChI is InChI=1S/C33H34N2O6S/c1-4-40-33-25(6-5-17-36)26(21-8-10-23(11-9-21)32(38)39-3)19-28(41-33)30(37)34-24-14-12-22(13-15-24)31-35-27-16-7-20(2)18-29(27)42-31/h7-16,18-19,25-26,33,36H,4-6,17H2,1-3H3,(H,34,37)/t25-,26+,33+/m0/s1. The quantitative estimate of drug-likeness (QED) is 0.206. The van der Waals surface area contributed by atoms with Crippen LogP contribution in [0.25, 0.3) is 20.8 Å². The van der Waals surface area contributed by atoms with Crippen molar-refractivity contribution in [2.75, 3.05) is 25.6 Å². The Morgan fingerprint density at radius 1 is 1.07 bits per heavy atom. The minimum Gasteiger partial charge on any atom is -0.465 e. The number of anilines is 1. The number of aliphatic hydroxyl groups excluding tert-OH is 1. The lowest BCUT2D eigenvalue weighted by Gasteiger charge is -2.37. The van der Waals surface area contributed by atoms with Gasteiger partial charge in [-0.05, 0) is 92.4 Å². The van der Waals surface area contributed by atoms with E-state index in [0.29, 0.717) is 30.7 Å². The van der Waals surface area contributed by atoms with Gasteiger partial charge >= 0.3 is 5.97 Å². The summed E-state index contributed by atoms with van der Waals surface area (Å²) in [7, 11) is 1.34. The summed E-state index contributed by atoms with van der Waals surface area (Å²) in [6.45, 7) is 4.37. The highest BCUT2D eigenvalue weighted by molar-refractivity contribution is 7.21. The molecular weight excluding hydrogens is 552 g/mol. The Morgan fingerprint density at radius 3 is 2.52 bits per heavy atom. The van der Waals surface area contributed by atoms with E-state index in [9.17, 15) is 14.7 Å². The molecule has 0 aliphatic carbocycles. The van der Waals surface area contributed by atoms with Crippen LogP contribution in [0.3, 0.4) is 0 Å². The SMILES string of the molecule is CCO[C@@H]1OC(C(=O)Nc2ccc(-c3nc4ccc(C)cc4s3)cc2)=C[C@H](c2ccc(C(=O)OC)cc2)[C@@H]1CCCO. The highest BCUT2D eigenvalue weighted by atomic mass is 32.1. The van der Waals surface area contributed by atoms with Crippen LogP contribution in [0.1, 0.15) is 47.2 Å². The van der Waals surface area contributed by atoms with E-state index in [2.05, 4.69) is 24.4 Å². The maximum atomic E-state index is 13.4. The van der Waals surface area contributed by atoms with Crippen LogP contribution in [0, 0.1) is 12.8 Å². The van der Waals surface area contributed by atoms with Crippen molar-refractivity contribution in [3.05, 3.63) is 95.3 Å². The topological polar surface area (TPSA) is 107 Å². The maximum Gasteiger partial charge on any atom is 0.337 e. The summed E-state index contributed by atoms with van der Waals surface area (Å²) in [6.07, 6.45) is 2.31. The van der Waals surface area contributed by atoms with Crippen molar-refractivity contribution in [3.63, 3.8) is 0 Å². The molecule has 3 aromatic carbocycles. The second kappa shape index (κ2) is 13.3. The second-order valence-corrected chi connectivity index (χ2v) is 11.2. The molecule has 218 valence electrons. The van der Waals surface area contributed by atoms with Gasteiger partial charge in [-0.3, -0.25) is 4.79 Å². The van der Waals surface area contributed by atoms with Gasteiger partial charge < -0.3 is 24.6 Å². The number of nitrogens with one attached hydrogen (secondary N) is 1. The lowest BCUT2D eigenvalue weighted by Crippen LogP contribution is -2.37. The first-order chi connectivity index (χ1) is 20.4. The van der Waals surface area contributed by atoms with Gasteiger partial charge in [0.1, 0.15) is 5.01 Å². The summed E-state index contributed by atoms with van der Waals surface area (Å²) in [5.74, 6) is -1.03. The van der Waals surface area contributed by atoms with Crippen molar-refractivity contribution in [1.29, 1.82) is 0 Å². The fraction of sp³-hybridized carbons (Fsp3) is 0.303. The summed E-state index contributed by atoms with van der Waals surface area (Å²) < 4.78 is 18.0. The van der Waals surface area contributed by atoms with E-state index in [0.717, 1.165) is 26.4 Å². The van der Waals surface area contributed by atoms with Crippen LogP contribution < -0.4 is 5.32 Å². The number of amides is 1. The molecule has 0 fully saturated rings. The molecule has 1 aromatic heterocycles. The lowest BCUT2D eigenvalue weighted by molar-refractivity contribution is -0.165. The molecule has 0 saturated heterocycles. The largest absolute Gasteiger partial charge is 0.465 e. The van der Waals surface area contributed by atoms with Crippen LogP contribution in [0.5, 0.6) is 0 Å². The van der Waals surface area contributed by atoms with Crippen molar-refractivity contribution in [2.45, 2.75) is 38.9 Å². The fourth-order valence-electron chi connectivity index (χ4n) is 5.15. The molecule has 0 spiro atoms. The number of hydrogen-bond donors (Lipinski definition) is 2. The van der Waals surface area contributed by atoms with Crippen molar-refractivity contribution in [1.82, 2.24) is 4.98 Å². The van der Waals surface area contributed by atoms with E-state index in [1.165, 1.54) is 12.7 Å². The highest BCUT2D eigenvalue weighted by Gasteiger charge is 2.38. The third kappa shape index (κ3) is 6.54. The maximum absolute atomic E-state index is 13.4. The number of hydrogen-bond acceptors (Lipinski definition) is 8. The van der Waals surface area contributed by atoms with Gasteiger partial charge in [-0.1, -0.05) is 18.2 Å². The lowest BCUT2D eigenvalue weighted by atomic mass is 9.80. The molecule has 2 heterocycles. The van der Waals surface area contributed by atoms with Crippen LogP contribution in [0.4, 0.5) is 5.69 Å². The number of esters is 1. The van der Waals surface area contributed by atoms with Gasteiger partial charge in [-0.25, -0.2) is 9.78 Å². The zero-order chi connectivity index (χ0) is 29.6. The summed E-state index contributed by atoms with van der Waals surface area (Å²) in [5.41, 5.74) is 5.10. The zero-order valence-electron chi connectivity index (χ0n) is 23.8. The second-order valence-electron chi connectivity index (χ2n) is 10.2. The number of carbonyl (C=O) groups is 2. The Kier molecular flexibility index (Phi) is 9.31. The molecule has 2 N–H and O–H groups in total. The number of aryl methyl sites for hydroxylation is 1. The number of methoxy groups -OCH3 is 1. The first kappa shape index (κ1) is 29.4. The summed E-state index contributed by atoms with van der Waals surface area (Å²) in [4.78, 5) is 30.1. The number of rotatable bonds is 10. The number of aromatic nitrogens is 1. The molecule has 0 radical (unpaired) electrons. The summed E-state index contributed by atoms with van der Waals surface area (Å²) >= 11 is 1.64. The van der Waals surface area contributed by atoms with Gasteiger partial charge in [0.05, 0.1) is 22.9 Å². The van der Waals surface area contributed by atoms with E-state index < -0.39 is 12.3 Å². The molecule has 8 nitrogen and oxygen atoms in total. The normalized spacial score (nSPS) is 18.3. The Morgan fingerprint density at radius 2 is 1.83 bits per heavy atom. The van der Waals surface area contributed by atoms with Gasteiger partial charge in [0.25, 0.3) is 5.91 Å². The number of fused-ring (bicyclic) bond motifs is 1. The smallest absolute Gasteiger partial charge is 0.337 e. The van der Waals surface area contributed by atoms with Crippen molar-refractivity contribution in [3.8, 4) is 10.6 Å². The molecule has 1 amide bonds. The molecule has 3 atom stereocenters. The van der Waals surface area contributed by atoms with Crippen LogP contribution >= 0.6 is 11.3 Å². The number of ether oxygens (including phenoxy) is 3. The molecule has 5 rings (SSSR count). The third-order valence-electron chi connectivity index (χ3n) is 7.29. The van der Waals surface area contributed by atoms with E-state index in [1.807, 2.05) is 49.4 Å². The fourth-order valence-corrected chi connectivity index (χ4v) is 6.22. The Labute approximate surface area is 249 Å². The van der Waals surface area contributed by atoms with E-state index in [1.54, 1.807) is 29.5 Å². The van der Waals surface area contributed by atoms with Crippen LogP contribution in [-0.4, -0.2) is 48.6 Å². The minimum atomic E-state index is -0.678. The summed E-state index contributed by atoms with van der Waals surface area (Å²) in [5, 5.41) is 13.4. The molecule has 1 aliphatic rings. The van der Waals surface area contributed by atoms with Crippen molar-refractivity contribution < 1.29 is 28.9 Å². The first-order valence-electron chi connectivity index (χ1n) is 14.0. The molecule has 0 bridgehead atoms. The number of nitrogens with zero attached hydrogens (tertiary/aromatic N) is 1. The molecule has 1 aliphatic heterocycles. The van der Waals surface area contributed by atoms with E-state index >= 15 is 0 Å². The predicted octanol–water partition coefficient (Wildman–Crippen LogP) is 6.45. The molecular formula is C33H34N2O6S.